The summed E-state index contributed by atoms with van der Waals surface area (Å²) in [6, 6.07) is 7.28. The first-order valence-corrected chi connectivity index (χ1v) is 7.96. The molecule has 0 bridgehead atoms. The minimum Gasteiger partial charge on any atom is -0.487 e. The molecule has 8 heteroatoms. The molecule has 0 aromatic heterocycles. The van der Waals surface area contributed by atoms with Crippen molar-refractivity contribution in [1.82, 2.24) is 0 Å². The third-order valence-electron chi connectivity index (χ3n) is 2.56. The van der Waals surface area contributed by atoms with Gasteiger partial charge in [0.05, 0.1) is 18.3 Å². The molecule has 0 spiro atoms. The number of halogens is 4. The van der Waals surface area contributed by atoms with Crippen LogP contribution in [0.2, 0.25) is 0 Å². The van der Waals surface area contributed by atoms with Crippen LogP contribution in [-0.2, 0) is 6.61 Å². The normalized spacial score (nSPS) is 10.5. The molecule has 110 valence electrons. The molecule has 0 atom stereocenters. The highest BCUT2D eigenvalue weighted by atomic mass is 79.9. The Labute approximate surface area is 144 Å². The smallest absolute Gasteiger partial charge is 0.271 e. The van der Waals surface area contributed by atoms with Crippen LogP contribution in [0.3, 0.4) is 0 Å². The summed E-state index contributed by atoms with van der Waals surface area (Å²) in [5.74, 6) is 0.0949. The van der Waals surface area contributed by atoms with E-state index in [4.69, 9.17) is 4.74 Å². The monoisotopic (exact) mass is 481 g/mol. The second kappa shape index (κ2) is 6.85. The van der Waals surface area contributed by atoms with Gasteiger partial charge in [-0.15, -0.1) is 0 Å². The van der Waals surface area contributed by atoms with E-state index in [-0.39, 0.29) is 18.1 Å². The SMILES string of the molecule is O=[N+]([O-])c1cc(Br)c(OCc2ccc(F)c(Br)c2)c(Br)c1. The topological polar surface area (TPSA) is 52.4 Å². The molecule has 4 nitrogen and oxygen atoms in total. The van der Waals surface area contributed by atoms with Crippen molar-refractivity contribution in [2.45, 2.75) is 6.61 Å². The summed E-state index contributed by atoms with van der Waals surface area (Å²) >= 11 is 9.58. The van der Waals surface area contributed by atoms with Crippen molar-refractivity contribution in [3.8, 4) is 5.75 Å². The molecule has 21 heavy (non-hydrogen) atoms. The fourth-order valence-electron chi connectivity index (χ4n) is 1.57. The number of non-ortho nitro benzene ring substituents is 1. The van der Waals surface area contributed by atoms with Gasteiger partial charge in [-0.1, -0.05) is 6.07 Å². The molecule has 2 rings (SSSR count). The minimum atomic E-state index is -0.490. The Balaban J connectivity index is 2.20. The van der Waals surface area contributed by atoms with E-state index in [0.29, 0.717) is 19.2 Å². The quantitative estimate of drug-likeness (QED) is 0.420. The Hall–Kier alpha value is -0.990. The number of hydrogen-bond donors (Lipinski definition) is 0. The lowest BCUT2D eigenvalue weighted by Gasteiger charge is -2.10. The maximum absolute atomic E-state index is 13.1. The van der Waals surface area contributed by atoms with Gasteiger partial charge in [0.1, 0.15) is 18.2 Å². The maximum Gasteiger partial charge on any atom is 0.271 e. The predicted molar refractivity (Wildman–Crippen MR) is 86.9 cm³/mol. The summed E-state index contributed by atoms with van der Waals surface area (Å²) in [6.07, 6.45) is 0. The van der Waals surface area contributed by atoms with E-state index in [0.717, 1.165) is 5.56 Å². The largest absolute Gasteiger partial charge is 0.487 e. The predicted octanol–water partition coefficient (Wildman–Crippen LogP) is 5.60. The summed E-state index contributed by atoms with van der Waals surface area (Å²) in [6.45, 7) is 0.202. The van der Waals surface area contributed by atoms with Gasteiger partial charge in [-0.2, -0.15) is 0 Å². The van der Waals surface area contributed by atoms with Crippen molar-refractivity contribution in [3.63, 3.8) is 0 Å². The summed E-state index contributed by atoms with van der Waals surface area (Å²) in [5, 5.41) is 10.7. The number of nitro benzene ring substituents is 1. The molecule has 0 unspecified atom stereocenters. The molecule has 0 amide bonds. The average Bonchev–Trinajstić information content (AvgIpc) is 2.41. The molecule has 0 fully saturated rings. The van der Waals surface area contributed by atoms with E-state index in [2.05, 4.69) is 47.8 Å². The Morgan fingerprint density at radius 3 is 2.24 bits per heavy atom. The number of ether oxygens (including phenoxy) is 1. The molecule has 2 aromatic carbocycles. The van der Waals surface area contributed by atoms with E-state index in [1.807, 2.05) is 0 Å². The van der Waals surface area contributed by atoms with Gasteiger partial charge >= 0.3 is 0 Å². The van der Waals surface area contributed by atoms with E-state index < -0.39 is 4.92 Å². The highest BCUT2D eigenvalue weighted by Gasteiger charge is 2.15. The minimum absolute atomic E-state index is 0.0503. The number of nitrogens with zero attached hydrogens (tertiary/aromatic N) is 1. The zero-order valence-corrected chi connectivity index (χ0v) is 15.0. The van der Waals surface area contributed by atoms with Crippen molar-refractivity contribution in [2.75, 3.05) is 0 Å². The van der Waals surface area contributed by atoms with E-state index in [1.54, 1.807) is 12.1 Å². The third kappa shape index (κ3) is 4.02. The highest BCUT2D eigenvalue weighted by molar-refractivity contribution is 9.11. The van der Waals surface area contributed by atoms with Crippen molar-refractivity contribution in [3.05, 3.63) is 65.2 Å². The van der Waals surface area contributed by atoms with Gasteiger partial charge in [0.2, 0.25) is 0 Å². The molecular formula is C13H7Br3FNO3. The van der Waals surface area contributed by atoms with Gasteiger partial charge in [0.15, 0.2) is 0 Å². The van der Waals surface area contributed by atoms with Gasteiger partial charge in [-0.3, -0.25) is 10.1 Å². The fourth-order valence-corrected chi connectivity index (χ4v) is 3.39. The first-order chi connectivity index (χ1) is 9.88. The summed E-state index contributed by atoms with van der Waals surface area (Å²) < 4.78 is 20.0. The second-order valence-corrected chi connectivity index (χ2v) is 6.60. The second-order valence-electron chi connectivity index (χ2n) is 4.03. The zero-order valence-electron chi connectivity index (χ0n) is 10.3. The summed E-state index contributed by atoms with van der Waals surface area (Å²) in [7, 11) is 0. The molecule has 0 saturated carbocycles. The Morgan fingerprint density at radius 2 is 1.71 bits per heavy atom. The summed E-state index contributed by atoms with van der Waals surface area (Å²) in [5.41, 5.74) is 0.714. The fraction of sp³-hybridized carbons (Fsp3) is 0.0769. The zero-order chi connectivity index (χ0) is 15.6. The van der Waals surface area contributed by atoms with E-state index >= 15 is 0 Å². The number of hydrogen-bond acceptors (Lipinski definition) is 3. The Morgan fingerprint density at radius 1 is 1.10 bits per heavy atom. The Bertz CT molecular complexity index is 686. The lowest BCUT2D eigenvalue weighted by atomic mass is 10.2. The highest BCUT2D eigenvalue weighted by Crippen LogP contribution is 2.37. The summed E-state index contributed by atoms with van der Waals surface area (Å²) in [4.78, 5) is 10.3. The van der Waals surface area contributed by atoms with Crippen molar-refractivity contribution >= 4 is 53.5 Å². The van der Waals surface area contributed by atoms with Gasteiger partial charge in [0.25, 0.3) is 5.69 Å². The van der Waals surface area contributed by atoms with Gasteiger partial charge in [0, 0.05) is 12.1 Å². The van der Waals surface area contributed by atoms with Crippen LogP contribution in [0, 0.1) is 15.9 Å². The van der Waals surface area contributed by atoms with Crippen molar-refractivity contribution in [1.29, 1.82) is 0 Å². The van der Waals surface area contributed by atoms with E-state index in [1.165, 1.54) is 18.2 Å². The van der Waals surface area contributed by atoms with Crippen LogP contribution in [-0.4, -0.2) is 4.92 Å². The van der Waals surface area contributed by atoms with Crippen molar-refractivity contribution in [2.24, 2.45) is 0 Å². The van der Waals surface area contributed by atoms with Crippen LogP contribution in [0.4, 0.5) is 10.1 Å². The van der Waals surface area contributed by atoms with Crippen LogP contribution in [0.25, 0.3) is 0 Å². The first-order valence-electron chi connectivity index (χ1n) is 5.58. The molecule has 0 aliphatic rings. The standard InChI is InChI=1S/C13H7Br3FNO3/c14-9-3-7(1-2-12(9)17)6-21-13-10(15)4-8(18(19)20)5-11(13)16/h1-5H,6H2. The molecule has 0 heterocycles. The molecular weight excluding hydrogens is 477 g/mol. The van der Waals surface area contributed by atoms with Crippen molar-refractivity contribution < 1.29 is 14.1 Å². The average molecular weight is 484 g/mol. The number of rotatable bonds is 4. The number of benzene rings is 2. The van der Waals surface area contributed by atoms with E-state index in [9.17, 15) is 14.5 Å². The van der Waals surface area contributed by atoms with Crippen LogP contribution in [0.15, 0.2) is 43.7 Å². The third-order valence-corrected chi connectivity index (χ3v) is 4.35. The Kier molecular flexibility index (Phi) is 5.34. The lowest BCUT2D eigenvalue weighted by molar-refractivity contribution is -0.385. The van der Waals surface area contributed by atoms with Gasteiger partial charge in [-0.25, -0.2) is 4.39 Å². The van der Waals surface area contributed by atoms with Gasteiger partial charge in [-0.05, 0) is 65.5 Å². The molecule has 0 N–H and O–H groups in total. The molecule has 0 aliphatic carbocycles. The van der Waals surface area contributed by atoms with Crippen LogP contribution in [0.1, 0.15) is 5.56 Å². The molecule has 0 radical (unpaired) electrons. The van der Waals surface area contributed by atoms with Crippen LogP contribution >= 0.6 is 47.8 Å². The molecule has 2 aromatic rings. The molecule has 0 aliphatic heterocycles. The van der Waals surface area contributed by atoms with Crippen LogP contribution in [0.5, 0.6) is 5.75 Å². The lowest BCUT2D eigenvalue weighted by Crippen LogP contribution is -1.98. The van der Waals surface area contributed by atoms with Crippen LogP contribution < -0.4 is 4.74 Å². The first kappa shape index (κ1) is 16.4. The molecule has 0 saturated heterocycles. The number of nitro groups is 1. The maximum atomic E-state index is 13.1. The van der Waals surface area contributed by atoms with Gasteiger partial charge < -0.3 is 4.74 Å².